The Bertz CT molecular complexity index is 1120. The molecule has 3 heterocycles. The summed E-state index contributed by atoms with van der Waals surface area (Å²) >= 11 is 7.40. The van der Waals surface area contributed by atoms with Crippen molar-refractivity contribution < 1.29 is 9.44 Å². The van der Waals surface area contributed by atoms with Crippen molar-refractivity contribution in [2.75, 3.05) is 25.4 Å². The van der Waals surface area contributed by atoms with Crippen LogP contribution in [-0.4, -0.2) is 46.1 Å². The minimum atomic E-state index is -0.649. The topological polar surface area (TPSA) is 82.3 Å². The van der Waals surface area contributed by atoms with E-state index in [-0.39, 0.29) is 12.5 Å². The Labute approximate surface area is 184 Å². The fourth-order valence-corrected chi connectivity index (χ4v) is 4.76. The molecule has 156 valence electrons. The van der Waals surface area contributed by atoms with Crippen molar-refractivity contribution in [1.29, 1.82) is 0 Å². The normalized spacial score (nSPS) is 22.3. The Morgan fingerprint density at radius 3 is 2.97 bits per heavy atom. The predicted octanol–water partition coefficient (Wildman–Crippen LogP) is 4.29. The summed E-state index contributed by atoms with van der Waals surface area (Å²) in [6.07, 6.45) is 5.41. The van der Waals surface area contributed by atoms with Crippen LogP contribution in [0.2, 0.25) is 4.34 Å². The summed E-state index contributed by atoms with van der Waals surface area (Å²) < 4.78 is 0.171. The number of pyridine rings is 1. The van der Waals surface area contributed by atoms with Crippen molar-refractivity contribution >= 4 is 51.5 Å². The molecular formula is C22H23ClN4O2S. The molecule has 1 aliphatic heterocycles. The summed E-state index contributed by atoms with van der Waals surface area (Å²) in [4.78, 5) is 20.1. The van der Waals surface area contributed by atoms with E-state index in [0.717, 1.165) is 21.3 Å². The molecule has 6 nitrogen and oxygen atoms in total. The van der Waals surface area contributed by atoms with Crippen LogP contribution in [0, 0.1) is 5.21 Å². The molecule has 30 heavy (non-hydrogen) atoms. The van der Waals surface area contributed by atoms with E-state index in [1.807, 2.05) is 42.5 Å². The Balaban J connectivity index is 1.43. The lowest BCUT2D eigenvalue weighted by molar-refractivity contribution is -0.892. The number of aromatic nitrogens is 1. The van der Waals surface area contributed by atoms with Gasteiger partial charge < -0.3 is 20.5 Å². The average molecular weight is 443 g/mol. The van der Waals surface area contributed by atoms with Crippen LogP contribution in [-0.2, 0) is 11.3 Å². The van der Waals surface area contributed by atoms with Crippen molar-refractivity contribution in [2.45, 2.75) is 19.5 Å². The van der Waals surface area contributed by atoms with Gasteiger partial charge in [0.25, 0.3) is 5.91 Å². The number of thiophene rings is 1. The number of hydroxylamine groups is 3. The SMILES string of the molecule is CC1C(=O)N(Cc2ccc3c(N)ccnc3c2)CC[N@@+]1([O-])CC=Cc1ccc(Cl)s1. The standard InChI is InChI=1S/C22H23ClN4O2S/c1-15-22(28)26(14-16-4-6-18-19(24)8-9-25-20(18)13-16)10-12-27(15,29)11-2-3-17-5-7-21(23)30-17/h2-9,13,15H,10-12,14H2,1H3,(H2,24,25)/t15?,27-/m0/s1. The summed E-state index contributed by atoms with van der Waals surface area (Å²) in [6, 6.07) is 10.7. The van der Waals surface area contributed by atoms with Gasteiger partial charge in [-0.1, -0.05) is 23.7 Å². The summed E-state index contributed by atoms with van der Waals surface area (Å²) in [7, 11) is 0. The first-order chi connectivity index (χ1) is 14.4. The number of halogens is 1. The maximum Gasteiger partial charge on any atom is 0.281 e. The van der Waals surface area contributed by atoms with Gasteiger partial charge in [-0.3, -0.25) is 9.78 Å². The van der Waals surface area contributed by atoms with E-state index >= 15 is 0 Å². The molecule has 2 N–H and O–H groups in total. The number of nitrogens with zero attached hydrogens (tertiary/aromatic N) is 3. The molecule has 1 fully saturated rings. The third-order valence-corrected chi connectivity index (χ3v) is 6.82. The first-order valence-electron chi connectivity index (χ1n) is 9.77. The minimum absolute atomic E-state index is 0.121. The van der Waals surface area contributed by atoms with Gasteiger partial charge in [0.15, 0.2) is 6.04 Å². The van der Waals surface area contributed by atoms with E-state index in [2.05, 4.69) is 4.98 Å². The van der Waals surface area contributed by atoms with Crippen molar-refractivity contribution in [2.24, 2.45) is 0 Å². The molecule has 1 saturated heterocycles. The summed E-state index contributed by atoms with van der Waals surface area (Å²) in [5.41, 5.74) is 8.44. The quantitative estimate of drug-likeness (QED) is 0.472. The number of carbonyl (C=O) groups excluding carboxylic acids is 1. The van der Waals surface area contributed by atoms with Gasteiger partial charge in [0.1, 0.15) is 0 Å². The van der Waals surface area contributed by atoms with Crippen LogP contribution in [0.4, 0.5) is 5.69 Å². The molecule has 1 aliphatic rings. The van der Waals surface area contributed by atoms with Crippen LogP contribution in [0.25, 0.3) is 17.0 Å². The highest BCUT2D eigenvalue weighted by Crippen LogP contribution is 2.26. The predicted molar refractivity (Wildman–Crippen MR) is 123 cm³/mol. The molecule has 0 bridgehead atoms. The summed E-state index contributed by atoms with van der Waals surface area (Å²) in [5, 5.41) is 14.2. The van der Waals surface area contributed by atoms with E-state index < -0.39 is 10.7 Å². The molecule has 0 spiro atoms. The number of carbonyl (C=O) groups is 1. The summed E-state index contributed by atoms with van der Waals surface area (Å²) in [5.74, 6) is -0.121. The monoisotopic (exact) mass is 442 g/mol. The van der Waals surface area contributed by atoms with Gasteiger partial charge in [-0.25, -0.2) is 0 Å². The van der Waals surface area contributed by atoms with Gasteiger partial charge in [0.2, 0.25) is 0 Å². The van der Waals surface area contributed by atoms with E-state index in [1.54, 1.807) is 24.1 Å². The van der Waals surface area contributed by atoms with Crippen LogP contribution in [0.15, 0.2) is 48.7 Å². The summed E-state index contributed by atoms with van der Waals surface area (Å²) in [6.45, 7) is 3.23. The molecule has 1 aromatic carbocycles. The zero-order chi connectivity index (χ0) is 21.3. The van der Waals surface area contributed by atoms with Crippen LogP contribution in [0.3, 0.4) is 0 Å². The smallest absolute Gasteiger partial charge is 0.281 e. The zero-order valence-corrected chi connectivity index (χ0v) is 18.2. The van der Waals surface area contributed by atoms with Gasteiger partial charge >= 0.3 is 0 Å². The van der Waals surface area contributed by atoms with Crippen molar-refractivity contribution in [3.63, 3.8) is 0 Å². The fourth-order valence-electron chi connectivity index (χ4n) is 3.77. The number of hydrogen-bond acceptors (Lipinski definition) is 5. The lowest BCUT2D eigenvalue weighted by Gasteiger charge is -2.51. The fraction of sp³-hybridized carbons (Fsp3) is 0.273. The molecule has 0 saturated carbocycles. The number of rotatable bonds is 5. The average Bonchev–Trinajstić information content (AvgIpc) is 3.14. The lowest BCUT2D eigenvalue weighted by atomic mass is 10.1. The van der Waals surface area contributed by atoms with Crippen LogP contribution in [0.5, 0.6) is 0 Å². The highest BCUT2D eigenvalue weighted by atomic mass is 35.5. The first-order valence-corrected chi connectivity index (χ1v) is 11.0. The Morgan fingerprint density at radius 1 is 1.37 bits per heavy atom. The lowest BCUT2D eigenvalue weighted by Crippen LogP contribution is -2.64. The number of hydrogen-bond donors (Lipinski definition) is 1. The minimum Gasteiger partial charge on any atom is -0.632 e. The van der Waals surface area contributed by atoms with Gasteiger partial charge in [-0.05, 0) is 48.9 Å². The highest BCUT2D eigenvalue weighted by molar-refractivity contribution is 7.16. The maximum absolute atomic E-state index is 13.3. The molecule has 4 rings (SSSR count). The zero-order valence-electron chi connectivity index (χ0n) is 16.6. The van der Waals surface area contributed by atoms with Gasteiger partial charge in [0.05, 0.1) is 29.5 Å². The third-order valence-electron chi connectivity index (χ3n) is 5.63. The number of nitrogens with two attached hydrogens (primary N) is 1. The third kappa shape index (κ3) is 4.20. The van der Waals surface area contributed by atoms with Gasteiger partial charge in [-0.15, -0.1) is 11.3 Å². The van der Waals surface area contributed by atoms with Crippen LogP contribution < -0.4 is 5.73 Å². The highest BCUT2D eigenvalue weighted by Gasteiger charge is 2.38. The van der Waals surface area contributed by atoms with Gasteiger partial charge in [-0.2, -0.15) is 0 Å². The molecule has 0 radical (unpaired) electrons. The number of amides is 1. The number of nitrogen functional groups attached to an aromatic ring is 1. The number of anilines is 1. The molecule has 0 aliphatic carbocycles. The van der Waals surface area contributed by atoms with E-state index in [4.69, 9.17) is 17.3 Å². The van der Waals surface area contributed by atoms with Crippen molar-refractivity contribution in [3.05, 3.63) is 68.7 Å². The Hall–Kier alpha value is -2.45. The van der Waals surface area contributed by atoms with Crippen molar-refractivity contribution in [3.8, 4) is 0 Å². The maximum atomic E-state index is 13.3. The molecule has 1 unspecified atom stereocenters. The molecule has 3 aromatic rings. The number of piperazine rings is 1. The van der Waals surface area contributed by atoms with Crippen LogP contribution >= 0.6 is 22.9 Å². The Kier molecular flexibility index (Phi) is 5.79. The van der Waals surface area contributed by atoms with Crippen LogP contribution in [0.1, 0.15) is 17.4 Å². The first kappa shape index (κ1) is 20.8. The second-order valence-corrected chi connectivity index (χ2v) is 9.34. The largest absolute Gasteiger partial charge is 0.632 e. The second kappa shape index (κ2) is 8.35. The second-order valence-electron chi connectivity index (χ2n) is 7.59. The molecule has 8 heteroatoms. The Morgan fingerprint density at radius 2 is 2.20 bits per heavy atom. The van der Waals surface area contributed by atoms with E-state index in [0.29, 0.717) is 29.7 Å². The molecule has 2 atom stereocenters. The molecule has 2 aromatic heterocycles. The van der Waals surface area contributed by atoms with Gasteiger partial charge in [0, 0.05) is 28.7 Å². The number of benzene rings is 1. The van der Waals surface area contributed by atoms with E-state index in [9.17, 15) is 10.0 Å². The number of quaternary nitrogens is 1. The van der Waals surface area contributed by atoms with E-state index in [1.165, 1.54) is 11.3 Å². The molecule has 1 amide bonds. The molecular weight excluding hydrogens is 420 g/mol. The number of fused-ring (bicyclic) bond motifs is 1. The van der Waals surface area contributed by atoms with Crippen molar-refractivity contribution in [1.82, 2.24) is 9.88 Å².